The van der Waals surface area contributed by atoms with Crippen molar-refractivity contribution in [2.24, 2.45) is 5.92 Å². The van der Waals surface area contributed by atoms with Crippen LogP contribution in [0.15, 0.2) is 18.2 Å². The van der Waals surface area contributed by atoms with Gasteiger partial charge >= 0.3 is 6.18 Å². The second-order valence-electron chi connectivity index (χ2n) is 9.69. The van der Waals surface area contributed by atoms with Crippen molar-refractivity contribution in [3.05, 3.63) is 46.4 Å². The number of halogens is 4. The Balaban J connectivity index is 1.27. The maximum atomic E-state index is 13.9. The van der Waals surface area contributed by atoms with Gasteiger partial charge in [-0.15, -0.1) is 0 Å². The van der Waals surface area contributed by atoms with Crippen molar-refractivity contribution in [2.75, 3.05) is 30.9 Å². The van der Waals surface area contributed by atoms with E-state index >= 15 is 0 Å². The SMILES string of the molecule is CN(C)c1nc(N[C@H]2CC[C@@H](CNCc3cc(C(F)(F)F)ccc3F)CC2)nc2c1CCCC2. The maximum absolute atomic E-state index is 13.9. The van der Waals surface area contributed by atoms with Crippen molar-refractivity contribution in [2.45, 2.75) is 70.1 Å². The van der Waals surface area contributed by atoms with Crippen LogP contribution >= 0.6 is 0 Å². The summed E-state index contributed by atoms with van der Waals surface area (Å²) in [5.41, 5.74) is 1.66. The zero-order chi connectivity index (χ0) is 24.3. The Morgan fingerprint density at radius 1 is 1.03 bits per heavy atom. The fraction of sp³-hybridized carbons (Fsp3) is 0.600. The molecule has 0 atom stereocenters. The molecule has 1 heterocycles. The average molecular weight is 480 g/mol. The first-order valence-corrected chi connectivity index (χ1v) is 12.1. The highest BCUT2D eigenvalue weighted by molar-refractivity contribution is 5.52. The van der Waals surface area contributed by atoms with Crippen molar-refractivity contribution in [3.63, 3.8) is 0 Å². The molecule has 2 aliphatic rings. The summed E-state index contributed by atoms with van der Waals surface area (Å²) in [6, 6.07) is 2.86. The van der Waals surface area contributed by atoms with Crippen LogP contribution in [0, 0.1) is 11.7 Å². The van der Waals surface area contributed by atoms with E-state index in [0.29, 0.717) is 24.5 Å². The Hall–Kier alpha value is -2.42. The normalized spacial score (nSPS) is 20.6. The second kappa shape index (κ2) is 10.5. The molecule has 0 bridgehead atoms. The van der Waals surface area contributed by atoms with Gasteiger partial charge in [0, 0.05) is 37.8 Å². The smallest absolute Gasteiger partial charge is 0.362 e. The van der Waals surface area contributed by atoms with Gasteiger partial charge in [0.2, 0.25) is 5.95 Å². The van der Waals surface area contributed by atoms with Crippen molar-refractivity contribution in [3.8, 4) is 0 Å². The molecule has 0 aliphatic heterocycles. The molecule has 2 N–H and O–H groups in total. The summed E-state index contributed by atoms with van der Waals surface area (Å²) in [7, 11) is 4.04. The third-order valence-electron chi connectivity index (χ3n) is 6.89. The molecule has 34 heavy (non-hydrogen) atoms. The minimum atomic E-state index is -4.47. The van der Waals surface area contributed by atoms with Crippen LogP contribution in [0.4, 0.5) is 29.3 Å². The summed E-state index contributed by atoms with van der Waals surface area (Å²) < 4.78 is 52.6. The standard InChI is InChI=1S/C25H33F4N5/c1-34(2)23-20-5-3-4-6-22(20)32-24(33-23)31-19-10-7-16(8-11-19)14-30-15-17-13-18(25(27,28)29)9-12-21(17)26/h9,12-13,16,19,30H,3-8,10-11,14-15H2,1-2H3,(H,31,32,33)/t16-,19+. The van der Waals surface area contributed by atoms with E-state index in [1.807, 2.05) is 14.1 Å². The lowest BCUT2D eigenvalue weighted by Crippen LogP contribution is -2.32. The molecule has 0 saturated heterocycles. The van der Waals surface area contributed by atoms with E-state index in [0.717, 1.165) is 68.2 Å². The van der Waals surface area contributed by atoms with Gasteiger partial charge in [0.05, 0.1) is 11.3 Å². The largest absolute Gasteiger partial charge is 0.416 e. The van der Waals surface area contributed by atoms with Crippen LogP contribution in [0.1, 0.15) is 60.9 Å². The summed E-state index contributed by atoms with van der Waals surface area (Å²) in [6.07, 6.45) is 3.83. The first-order chi connectivity index (χ1) is 16.2. The van der Waals surface area contributed by atoms with Crippen molar-refractivity contribution < 1.29 is 17.6 Å². The van der Waals surface area contributed by atoms with Crippen LogP contribution in [0.25, 0.3) is 0 Å². The minimum Gasteiger partial charge on any atom is -0.362 e. The first kappa shape index (κ1) is 24.7. The first-order valence-electron chi connectivity index (χ1n) is 12.1. The van der Waals surface area contributed by atoms with Crippen molar-refractivity contribution >= 4 is 11.8 Å². The predicted octanol–water partition coefficient (Wildman–Crippen LogP) is 5.34. The monoisotopic (exact) mass is 479 g/mol. The molecule has 0 radical (unpaired) electrons. The van der Waals surface area contributed by atoms with Crippen LogP contribution in [0.5, 0.6) is 0 Å². The number of nitrogens with one attached hydrogen (secondary N) is 2. The van der Waals surface area contributed by atoms with Gasteiger partial charge in [0.15, 0.2) is 0 Å². The van der Waals surface area contributed by atoms with Crippen LogP contribution in [-0.4, -0.2) is 36.6 Å². The van der Waals surface area contributed by atoms with E-state index in [2.05, 4.69) is 15.5 Å². The Labute approximate surface area is 198 Å². The number of aromatic nitrogens is 2. The molecule has 0 amide bonds. The highest BCUT2D eigenvalue weighted by Crippen LogP contribution is 2.32. The zero-order valence-electron chi connectivity index (χ0n) is 19.8. The maximum Gasteiger partial charge on any atom is 0.416 e. The molecule has 4 rings (SSSR count). The van der Waals surface area contributed by atoms with Gasteiger partial charge in [-0.25, -0.2) is 9.37 Å². The average Bonchev–Trinajstić information content (AvgIpc) is 2.80. The summed E-state index contributed by atoms with van der Waals surface area (Å²) >= 11 is 0. The predicted molar refractivity (Wildman–Crippen MR) is 125 cm³/mol. The molecular formula is C25H33F4N5. The summed E-state index contributed by atoms with van der Waals surface area (Å²) in [5.74, 6) is 1.50. The van der Waals surface area contributed by atoms with Crippen LogP contribution in [0.2, 0.25) is 0 Å². The fourth-order valence-electron chi connectivity index (χ4n) is 5.00. The van der Waals surface area contributed by atoms with Gasteiger partial charge in [-0.05, 0) is 82.0 Å². The van der Waals surface area contributed by atoms with E-state index in [1.165, 1.54) is 18.4 Å². The zero-order valence-corrected chi connectivity index (χ0v) is 19.8. The molecule has 0 unspecified atom stereocenters. The number of hydrogen-bond donors (Lipinski definition) is 2. The van der Waals surface area contributed by atoms with E-state index in [-0.39, 0.29) is 12.1 Å². The number of benzene rings is 1. The molecule has 1 aromatic heterocycles. The van der Waals surface area contributed by atoms with E-state index < -0.39 is 17.6 Å². The number of fused-ring (bicyclic) bond motifs is 1. The van der Waals surface area contributed by atoms with Crippen molar-refractivity contribution in [1.29, 1.82) is 0 Å². The van der Waals surface area contributed by atoms with Gasteiger partial charge < -0.3 is 15.5 Å². The van der Waals surface area contributed by atoms with Gasteiger partial charge in [0.25, 0.3) is 0 Å². The lowest BCUT2D eigenvalue weighted by molar-refractivity contribution is -0.137. The summed E-state index contributed by atoms with van der Waals surface area (Å²) in [5, 5.41) is 6.68. The highest BCUT2D eigenvalue weighted by Gasteiger charge is 2.31. The van der Waals surface area contributed by atoms with Crippen LogP contribution in [-0.2, 0) is 25.6 Å². The molecule has 5 nitrogen and oxygen atoms in total. The molecule has 0 spiro atoms. The molecule has 2 aliphatic carbocycles. The molecule has 9 heteroatoms. The van der Waals surface area contributed by atoms with E-state index in [9.17, 15) is 17.6 Å². The topological polar surface area (TPSA) is 53.1 Å². The highest BCUT2D eigenvalue weighted by atomic mass is 19.4. The lowest BCUT2D eigenvalue weighted by Gasteiger charge is -2.30. The minimum absolute atomic E-state index is 0.0476. The Bertz CT molecular complexity index is 984. The van der Waals surface area contributed by atoms with Gasteiger partial charge in [-0.2, -0.15) is 18.2 Å². The molecule has 1 aromatic carbocycles. The quantitative estimate of drug-likeness (QED) is 0.525. The van der Waals surface area contributed by atoms with E-state index in [1.54, 1.807) is 0 Å². The summed E-state index contributed by atoms with van der Waals surface area (Å²) in [4.78, 5) is 11.7. The summed E-state index contributed by atoms with van der Waals surface area (Å²) in [6.45, 7) is 0.743. The van der Waals surface area contributed by atoms with E-state index in [4.69, 9.17) is 9.97 Å². The Kier molecular flexibility index (Phi) is 7.60. The lowest BCUT2D eigenvalue weighted by atomic mass is 9.86. The molecule has 2 aromatic rings. The number of alkyl halides is 3. The van der Waals surface area contributed by atoms with Gasteiger partial charge in [-0.1, -0.05) is 0 Å². The van der Waals surface area contributed by atoms with Crippen LogP contribution < -0.4 is 15.5 Å². The number of nitrogens with zero attached hydrogens (tertiary/aromatic N) is 3. The fourth-order valence-corrected chi connectivity index (χ4v) is 5.00. The van der Waals surface area contributed by atoms with Crippen molar-refractivity contribution in [1.82, 2.24) is 15.3 Å². The molecular weight excluding hydrogens is 446 g/mol. The number of anilines is 2. The number of rotatable bonds is 7. The number of aryl methyl sites for hydroxylation is 1. The number of hydrogen-bond acceptors (Lipinski definition) is 5. The Morgan fingerprint density at radius 3 is 2.47 bits per heavy atom. The Morgan fingerprint density at radius 2 is 1.76 bits per heavy atom. The molecule has 1 fully saturated rings. The van der Waals surface area contributed by atoms with Crippen LogP contribution in [0.3, 0.4) is 0 Å². The molecule has 1 saturated carbocycles. The third-order valence-corrected chi connectivity index (χ3v) is 6.89. The van der Waals surface area contributed by atoms with Gasteiger partial charge in [0.1, 0.15) is 11.6 Å². The van der Waals surface area contributed by atoms with Gasteiger partial charge in [-0.3, -0.25) is 0 Å². The molecule has 186 valence electrons. The third kappa shape index (κ3) is 5.98. The second-order valence-corrected chi connectivity index (χ2v) is 9.69.